The highest BCUT2D eigenvalue weighted by Crippen LogP contribution is 2.27. The van der Waals surface area contributed by atoms with Crippen molar-refractivity contribution < 1.29 is 19.1 Å². The van der Waals surface area contributed by atoms with Gasteiger partial charge in [-0.25, -0.2) is 9.79 Å². The van der Waals surface area contributed by atoms with E-state index in [0.717, 1.165) is 11.3 Å². The van der Waals surface area contributed by atoms with Crippen molar-refractivity contribution in [2.75, 3.05) is 6.54 Å². The van der Waals surface area contributed by atoms with E-state index in [2.05, 4.69) is 15.6 Å². The Balaban J connectivity index is 1.51. The summed E-state index contributed by atoms with van der Waals surface area (Å²) in [4.78, 5) is 40.8. The summed E-state index contributed by atoms with van der Waals surface area (Å²) in [5.74, 6) is 0.221. The molecule has 0 unspecified atom stereocenters. The first-order valence-electron chi connectivity index (χ1n) is 9.78. The first kappa shape index (κ1) is 21.2. The first-order valence-corrected chi connectivity index (χ1v) is 9.78. The summed E-state index contributed by atoms with van der Waals surface area (Å²) in [6, 6.07) is 14.4. The van der Waals surface area contributed by atoms with Gasteiger partial charge in [0.05, 0.1) is 5.69 Å². The quantitative estimate of drug-likeness (QED) is 0.741. The summed E-state index contributed by atoms with van der Waals surface area (Å²) in [5.41, 5.74) is 2.25. The molecule has 1 aliphatic heterocycles. The number of benzene rings is 2. The van der Waals surface area contributed by atoms with Crippen molar-refractivity contribution in [3.8, 4) is 0 Å². The number of amides is 2. The van der Waals surface area contributed by atoms with Crippen LogP contribution in [0.1, 0.15) is 48.7 Å². The fraction of sp³-hybridized carbons (Fsp3) is 0.304. The molecule has 7 nitrogen and oxygen atoms in total. The second-order valence-electron chi connectivity index (χ2n) is 8.00. The molecular weight excluding hydrogens is 382 g/mol. The average Bonchev–Trinajstić information content (AvgIpc) is 3.07. The molecule has 0 radical (unpaired) electrons. The summed E-state index contributed by atoms with van der Waals surface area (Å²) in [6.45, 7) is 5.48. The molecular formula is C23H25N3O4. The number of nitrogens with one attached hydrogen (secondary N) is 2. The van der Waals surface area contributed by atoms with Gasteiger partial charge in [0.25, 0.3) is 0 Å². The lowest BCUT2D eigenvalue weighted by atomic mass is 10.00. The van der Waals surface area contributed by atoms with Crippen LogP contribution in [0.2, 0.25) is 0 Å². The zero-order chi connectivity index (χ0) is 21.7. The lowest BCUT2D eigenvalue weighted by Gasteiger charge is -2.19. The maximum atomic E-state index is 12.6. The molecule has 2 aromatic carbocycles. The van der Waals surface area contributed by atoms with Crippen LogP contribution in [0.5, 0.6) is 0 Å². The SMILES string of the molecule is CC(C)(C)OC(=O)NCCC(=O)NC1=Nc2ccc(C(=O)c3ccccc3)cc2C1. The third-order valence-corrected chi connectivity index (χ3v) is 4.29. The van der Waals surface area contributed by atoms with Crippen LogP contribution >= 0.6 is 0 Å². The second-order valence-corrected chi connectivity index (χ2v) is 8.00. The fourth-order valence-electron chi connectivity index (χ4n) is 2.99. The number of fused-ring (bicyclic) bond motifs is 1. The van der Waals surface area contributed by atoms with Gasteiger partial charge >= 0.3 is 6.09 Å². The molecule has 7 heteroatoms. The highest BCUT2D eigenvalue weighted by atomic mass is 16.6. The lowest BCUT2D eigenvalue weighted by molar-refractivity contribution is -0.119. The Hall–Kier alpha value is -3.48. The molecule has 2 aromatic rings. The highest BCUT2D eigenvalue weighted by molar-refractivity contribution is 6.10. The van der Waals surface area contributed by atoms with E-state index < -0.39 is 11.7 Å². The summed E-state index contributed by atoms with van der Waals surface area (Å²) in [5, 5.41) is 5.31. The molecule has 1 heterocycles. The molecule has 0 bridgehead atoms. The molecule has 0 aliphatic carbocycles. The molecule has 2 N–H and O–H groups in total. The van der Waals surface area contributed by atoms with Crippen LogP contribution in [0.3, 0.4) is 0 Å². The van der Waals surface area contributed by atoms with E-state index in [1.54, 1.807) is 45.0 Å². The summed E-state index contributed by atoms with van der Waals surface area (Å²) >= 11 is 0. The minimum atomic E-state index is -0.586. The summed E-state index contributed by atoms with van der Waals surface area (Å²) in [7, 11) is 0. The van der Waals surface area contributed by atoms with Crippen LogP contribution in [0.4, 0.5) is 10.5 Å². The maximum absolute atomic E-state index is 12.6. The number of hydrogen-bond acceptors (Lipinski definition) is 5. The van der Waals surface area contributed by atoms with Crippen molar-refractivity contribution in [1.82, 2.24) is 10.6 Å². The van der Waals surface area contributed by atoms with Crippen molar-refractivity contribution in [3.63, 3.8) is 0 Å². The number of alkyl carbamates (subject to hydrolysis) is 1. The van der Waals surface area contributed by atoms with Gasteiger partial charge in [0, 0.05) is 30.5 Å². The number of ketones is 1. The van der Waals surface area contributed by atoms with Gasteiger partial charge in [-0.05, 0) is 44.5 Å². The molecule has 0 aromatic heterocycles. The van der Waals surface area contributed by atoms with Crippen molar-refractivity contribution in [2.45, 2.75) is 39.2 Å². The molecule has 2 amide bonds. The number of amidine groups is 1. The van der Waals surface area contributed by atoms with Gasteiger partial charge in [-0.3, -0.25) is 9.59 Å². The van der Waals surface area contributed by atoms with Gasteiger partial charge in [-0.2, -0.15) is 0 Å². The Bertz CT molecular complexity index is 991. The zero-order valence-electron chi connectivity index (χ0n) is 17.3. The molecule has 156 valence electrons. The minimum Gasteiger partial charge on any atom is -0.444 e. The van der Waals surface area contributed by atoms with Gasteiger partial charge in [-0.1, -0.05) is 30.3 Å². The van der Waals surface area contributed by atoms with Crippen LogP contribution in [0, 0.1) is 0 Å². The normalized spacial score (nSPS) is 12.6. The topological polar surface area (TPSA) is 96.9 Å². The third-order valence-electron chi connectivity index (χ3n) is 4.29. The van der Waals surface area contributed by atoms with Crippen molar-refractivity contribution in [1.29, 1.82) is 0 Å². The van der Waals surface area contributed by atoms with Gasteiger partial charge < -0.3 is 15.4 Å². The third kappa shape index (κ3) is 5.76. The number of ether oxygens (including phenoxy) is 1. The molecule has 0 atom stereocenters. The Labute approximate surface area is 175 Å². The van der Waals surface area contributed by atoms with Crippen LogP contribution in [0.25, 0.3) is 0 Å². The van der Waals surface area contributed by atoms with Gasteiger partial charge in [0.2, 0.25) is 5.91 Å². The second kappa shape index (κ2) is 8.90. The summed E-state index contributed by atoms with van der Waals surface area (Å²) in [6.07, 6.45) is -0.0143. The largest absolute Gasteiger partial charge is 0.444 e. The smallest absolute Gasteiger partial charge is 0.407 e. The number of hydrogen-bond donors (Lipinski definition) is 2. The van der Waals surface area contributed by atoms with Crippen LogP contribution in [-0.2, 0) is 16.0 Å². The minimum absolute atomic E-state index is 0.0518. The number of rotatable bonds is 5. The molecule has 0 saturated carbocycles. The van der Waals surface area contributed by atoms with Gasteiger partial charge in [0.1, 0.15) is 11.4 Å². The maximum Gasteiger partial charge on any atom is 0.407 e. The Kier molecular flexibility index (Phi) is 6.30. The van der Waals surface area contributed by atoms with Gasteiger partial charge in [-0.15, -0.1) is 0 Å². The number of carbonyl (C=O) groups is 3. The van der Waals surface area contributed by atoms with E-state index in [1.807, 2.05) is 24.3 Å². The Morgan fingerprint density at radius 2 is 1.77 bits per heavy atom. The molecule has 1 aliphatic rings. The fourth-order valence-corrected chi connectivity index (χ4v) is 2.99. The molecule has 30 heavy (non-hydrogen) atoms. The van der Waals surface area contributed by atoms with Gasteiger partial charge in [0.15, 0.2) is 5.78 Å². The van der Waals surface area contributed by atoms with Crippen molar-refractivity contribution >= 4 is 29.3 Å². The van der Waals surface area contributed by atoms with Crippen molar-refractivity contribution in [2.24, 2.45) is 4.99 Å². The predicted molar refractivity (Wildman–Crippen MR) is 114 cm³/mol. The number of aliphatic imine (C=N–C) groups is 1. The van der Waals surface area contributed by atoms with Crippen LogP contribution in [0.15, 0.2) is 53.5 Å². The number of nitrogens with zero attached hydrogens (tertiary/aromatic N) is 1. The summed E-state index contributed by atoms with van der Waals surface area (Å²) < 4.78 is 5.12. The number of carbonyl (C=O) groups excluding carboxylic acids is 3. The highest BCUT2D eigenvalue weighted by Gasteiger charge is 2.20. The van der Waals surface area contributed by atoms with E-state index >= 15 is 0 Å². The predicted octanol–water partition coefficient (Wildman–Crippen LogP) is 3.53. The van der Waals surface area contributed by atoms with Crippen LogP contribution < -0.4 is 10.6 Å². The van der Waals surface area contributed by atoms with Crippen LogP contribution in [-0.4, -0.2) is 35.8 Å². The molecule has 0 spiro atoms. The lowest BCUT2D eigenvalue weighted by Crippen LogP contribution is -2.36. The van der Waals surface area contributed by atoms with E-state index in [4.69, 9.17) is 4.74 Å². The average molecular weight is 407 g/mol. The molecule has 0 fully saturated rings. The molecule has 3 rings (SSSR count). The van der Waals surface area contributed by atoms with E-state index in [1.165, 1.54) is 0 Å². The standard InChI is InChI=1S/C23H25N3O4/c1-23(2,3)30-22(29)24-12-11-20(27)26-19-14-17-13-16(9-10-18(17)25-19)21(28)15-7-5-4-6-8-15/h4-10,13H,11-12,14H2,1-3H3,(H,24,29)(H,25,26,27). The molecule has 0 saturated heterocycles. The zero-order valence-corrected chi connectivity index (χ0v) is 17.3. The monoisotopic (exact) mass is 407 g/mol. The van der Waals surface area contributed by atoms with E-state index in [0.29, 0.717) is 23.4 Å². The van der Waals surface area contributed by atoms with Crippen molar-refractivity contribution in [3.05, 3.63) is 65.2 Å². The van der Waals surface area contributed by atoms with E-state index in [-0.39, 0.29) is 24.7 Å². The van der Waals surface area contributed by atoms with E-state index in [9.17, 15) is 14.4 Å². The Morgan fingerprint density at radius 1 is 1.03 bits per heavy atom. The Morgan fingerprint density at radius 3 is 2.47 bits per heavy atom. The first-order chi connectivity index (χ1) is 14.2.